The van der Waals surface area contributed by atoms with Crippen LogP contribution in [0.1, 0.15) is 59.3 Å². The Kier molecular flexibility index (Phi) is 15.9. The number of nitrogens with one attached hydrogen (secondary N) is 2. The summed E-state index contributed by atoms with van der Waals surface area (Å²) in [6.07, 6.45) is 6.74. The van der Waals surface area contributed by atoms with Crippen molar-refractivity contribution in [1.82, 2.24) is 15.0 Å². The number of nitrogens with zero attached hydrogens (tertiary/aromatic N) is 4. The fraction of sp³-hybridized carbons (Fsp3) is 0.857. The van der Waals surface area contributed by atoms with Gasteiger partial charge in [0.15, 0.2) is 0 Å². The van der Waals surface area contributed by atoms with Crippen molar-refractivity contribution in [1.29, 1.82) is 0 Å². The van der Waals surface area contributed by atoms with Gasteiger partial charge in [-0.15, -0.1) is 0 Å². The fourth-order valence-corrected chi connectivity index (χ4v) is 2.69. The number of aromatic nitrogens is 3. The Morgan fingerprint density at radius 3 is 1.87 bits per heavy atom. The Morgan fingerprint density at radius 1 is 0.733 bits per heavy atom. The summed E-state index contributed by atoms with van der Waals surface area (Å²) in [7, 11) is 0. The minimum absolute atomic E-state index is 0.533. The molecule has 1 heterocycles. The number of unbranched alkanes of at least 4 members (excludes halogenated alkanes) is 3. The van der Waals surface area contributed by atoms with Crippen LogP contribution in [0.5, 0.6) is 0 Å². The summed E-state index contributed by atoms with van der Waals surface area (Å²) in [5.74, 6) is 1.95. The maximum absolute atomic E-state index is 5.57. The fourth-order valence-electron chi connectivity index (χ4n) is 2.69. The largest absolute Gasteiger partial charge is 0.378 e. The molecule has 1 aromatic heterocycles. The third kappa shape index (κ3) is 12.1. The van der Waals surface area contributed by atoms with Crippen LogP contribution in [0, 0.1) is 0 Å². The zero-order chi connectivity index (χ0) is 21.9. The molecule has 0 atom stereocenters. The number of ether oxygens (including phenoxy) is 2. The van der Waals surface area contributed by atoms with E-state index in [4.69, 9.17) is 20.2 Å². The SMILES string of the molecule is CCCCNc1nc(NCCOCCOCCN)nc(N(CCCC)CCCC)n1. The second-order valence-electron chi connectivity index (χ2n) is 7.20. The Labute approximate surface area is 182 Å². The molecule has 0 spiro atoms. The summed E-state index contributed by atoms with van der Waals surface area (Å²) in [4.78, 5) is 16.2. The second-order valence-corrected chi connectivity index (χ2v) is 7.20. The van der Waals surface area contributed by atoms with Crippen molar-refractivity contribution < 1.29 is 9.47 Å². The highest BCUT2D eigenvalue weighted by atomic mass is 16.5. The van der Waals surface area contributed by atoms with Gasteiger partial charge in [0.25, 0.3) is 0 Å². The Hall–Kier alpha value is -1.71. The van der Waals surface area contributed by atoms with Gasteiger partial charge >= 0.3 is 0 Å². The van der Waals surface area contributed by atoms with Gasteiger partial charge in [-0.05, 0) is 19.3 Å². The molecular weight excluding hydrogens is 382 g/mol. The molecule has 0 aliphatic rings. The first-order chi connectivity index (χ1) is 14.7. The van der Waals surface area contributed by atoms with Crippen molar-refractivity contribution in [3.63, 3.8) is 0 Å². The minimum atomic E-state index is 0.533. The molecule has 1 aromatic rings. The topological polar surface area (TPSA) is 110 Å². The first-order valence-electron chi connectivity index (χ1n) is 11.6. The van der Waals surface area contributed by atoms with Crippen LogP contribution in [0.15, 0.2) is 0 Å². The summed E-state index contributed by atoms with van der Waals surface area (Å²) in [5, 5.41) is 6.61. The van der Waals surface area contributed by atoms with Crippen molar-refractivity contribution in [3.8, 4) is 0 Å². The molecule has 174 valence electrons. The highest BCUT2D eigenvalue weighted by Gasteiger charge is 2.13. The Balaban J connectivity index is 2.70. The lowest BCUT2D eigenvalue weighted by Crippen LogP contribution is -2.28. The highest BCUT2D eigenvalue weighted by molar-refractivity contribution is 5.43. The van der Waals surface area contributed by atoms with E-state index in [9.17, 15) is 0 Å². The van der Waals surface area contributed by atoms with Gasteiger partial charge in [-0.25, -0.2) is 0 Å². The van der Waals surface area contributed by atoms with E-state index < -0.39 is 0 Å². The molecule has 0 aromatic carbocycles. The molecule has 0 bridgehead atoms. The van der Waals surface area contributed by atoms with E-state index in [2.05, 4.69) is 46.3 Å². The van der Waals surface area contributed by atoms with Crippen LogP contribution in [0.3, 0.4) is 0 Å². The average Bonchev–Trinajstić information content (AvgIpc) is 2.76. The van der Waals surface area contributed by atoms with E-state index in [1.807, 2.05) is 0 Å². The van der Waals surface area contributed by atoms with Crippen LogP contribution in [-0.2, 0) is 9.47 Å². The predicted molar refractivity (Wildman–Crippen MR) is 124 cm³/mol. The first kappa shape index (κ1) is 26.3. The number of rotatable bonds is 20. The molecule has 0 radical (unpaired) electrons. The maximum atomic E-state index is 5.57. The number of hydrogen-bond donors (Lipinski definition) is 3. The van der Waals surface area contributed by atoms with Gasteiger partial charge in [-0.1, -0.05) is 40.0 Å². The zero-order valence-electron chi connectivity index (χ0n) is 19.3. The average molecular weight is 426 g/mol. The molecule has 0 fully saturated rings. The predicted octanol–water partition coefficient (Wildman–Crippen LogP) is 2.89. The molecule has 0 amide bonds. The number of hydrogen-bond acceptors (Lipinski definition) is 9. The maximum Gasteiger partial charge on any atom is 0.231 e. The summed E-state index contributed by atoms with van der Waals surface area (Å²) < 4.78 is 10.9. The van der Waals surface area contributed by atoms with E-state index in [0.29, 0.717) is 51.4 Å². The van der Waals surface area contributed by atoms with Crippen molar-refractivity contribution in [2.24, 2.45) is 5.73 Å². The van der Waals surface area contributed by atoms with Crippen molar-refractivity contribution >= 4 is 17.8 Å². The summed E-state index contributed by atoms with van der Waals surface area (Å²) in [6.45, 7) is 12.7. The van der Waals surface area contributed by atoms with Gasteiger partial charge in [0.05, 0.1) is 26.4 Å². The quantitative estimate of drug-likeness (QED) is 0.272. The van der Waals surface area contributed by atoms with Crippen LogP contribution in [-0.4, -0.2) is 74.1 Å². The molecule has 4 N–H and O–H groups in total. The van der Waals surface area contributed by atoms with Crippen LogP contribution >= 0.6 is 0 Å². The van der Waals surface area contributed by atoms with Crippen LogP contribution < -0.4 is 21.3 Å². The van der Waals surface area contributed by atoms with Crippen LogP contribution in [0.2, 0.25) is 0 Å². The summed E-state index contributed by atoms with van der Waals surface area (Å²) in [5.41, 5.74) is 5.39. The molecule has 0 unspecified atom stereocenters. The number of anilines is 3. The lowest BCUT2D eigenvalue weighted by Gasteiger charge is -2.23. The van der Waals surface area contributed by atoms with Gasteiger partial charge in [0, 0.05) is 32.7 Å². The van der Waals surface area contributed by atoms with Crippen LogP contribution in [0.4, 0.5) is 17.8 Å². The summed E-state index contributed by atoms with van der Waals surface area (Å²) >= 11 is 0. The van der Waals surface area contributed by atoms with E-state index in [-0.39, 0.29) is 0 Å². The van der Waals surface area contributed by atoms with Crippen LogP contribution in [0.25, 0.3) is 0 Å². The molecule has 9 nitrogen and oxygen atoms in total. The van der Waals surface area contributed by atoms with Crippen molar-refractivity contribution in [2.75, 3.05) is 74.7 Å². The van der Waals surface area contributed by atoms with E-state index in [1.165, 1.54) is 0 Å². The van der Waals surface area contributed by atoms with E-state index in [0.717, 1.165) is 64.1 Å². The monoisotopic (exact) mass is 425 g/mol. The zero-order valence-corrected chi connectivity index (χ0v) is 19.3. The molecular formula is C21H43N7O2. The molecule has 0 aliphatic heterocycles. The normalized spacial score (nSPS) is 10.9. The third-order valence-electron chi connectivity index (χ3n) is 4.45. The Morgan fingerprint density at radius 2 is 1.30 bits per heavy atom. The summed E-state index contributed by atoms with van der Waals surface area (Å²) in [6, 6.07) is 0. The lowest BCUT2D eigenvalue weighted by molar-refractivity contribution is 0.0547. The third-order valence-corrected chi connectivity index (χ3v) is 4.45. The smallest absolute Gasteiger partial charge is 0.231 e. The van der Waals surface area contributed by atoms with Gasteiger partial charge in [0.2, 0.25) is 17.8 Å². The highest BCUT2D eigenvalue weighted by Crippen LogP contribution is 2.15. The van der Waals surface area contributed by atoms with Gasteiger partial charge in [-0.3, -0.25) is 0 Å². The standard InChI is InChI=1S/C21H43N7O2/c1-4-7-11-23-19-25-20(24-12-16-30-18-17-29-15-10-22)27-21(26-19)28(13-8-5-2)14-9-6-3/h4-18,22H2,1-3H3,(H2,23,24,25,26,27). The molecule has 1 rings (SSSR count). The molecule has 0 aliphatic carbocycles. The molecule has 9 heteroatoms. The molecule has 0 saturated heterocycles. The lowest BCUT2D eigenvalue weighted by atomic mass is 10.3. The first-order valence-corrected chi connectivity index (χ1v) is 11.6. The van der Waals surface area contributed by atoms with E-state index >= 15 is 0 Å². The number of nitrogens with two attached hydrogens (primary N) is 1. The van der Waals surface area contributed by atoms with Gasteiger partial charge in [0.1, 0.15) is 0 Å². The van der Waals surface area contributed by atoms with Crippen molar-refractivity contribution in [2.45, 2.75) is 59.3 Å². The minimum Gasteiger partial charge on any atom is -0.378 e. The second kappa shape index (κ2) is 18.1. The van der Waals surface area contributed by atoms with Crippen molar-refractivity contribution in [3.05, 3.63) is 0 Å². The van der Waals surface area contributed by atoms with E-state index in [1.54, 1.807) is 0 Å². The van der Waals surface area contributed by atoms with Gasteiger partial charge in [-0.2, -0.15) is 15.0 Å². The molecule has 30 heavy (non-hydrogen) atoms. The van der Waals surface area contributed by atoms with Gasteiger partial charge < -0.3 is 30.7 Å². The molecule has 0 saturated carbocycles. The Bertz CT molecular complexity index is 526.